The molecule has 4 nitrogen and oxygen atoms in total. The van der Waals surface area contributed by atoms with E-state index in [1.165, 1.54) is 0 Å². The molecule has 3 aromatic rings. The number of anilines is 1. The van der Waals surface area contributed by atoms with Crippen molar-refractivity contribution < 1.29 is 5.11 Å². The number of nitrogen functional groups attached to an aromatic ring is 1. The van der Waals surface area contributed by atoms with Gasteiger partial charge >= 0.3 is 0 Å². The summed E-state index contributed by atoms with van der Waals surface area (Å²) >= 11 is 0. The Bertz CT molecular complexity index is 714. The van der Waals surface area contributed by atoms with Crippen LogP contribution in [0.15, 0.2) is 42.5 Å². The molecule has 3 N–H and O–H groups in total. The number of phenolic OH excluding ortho intramolecular Hbond substituents is 1. The van der Waals surface area contributed by atoms with E-state index in [2.05, 4.69) is 5.10 Å². The fourth-order valence-corrected chi connectivity index (χ4v) is 2.07. The molecule has 0 atom stereocenters. The molecule has 0 fully saturated rings. The first-order chi connectivity index (χ1) is 8.65. The maximum atomic E-state index is 9.59. The predicted molar refractivity (Wildman–Crippen MR) is 71.9 cm³/mol. The van der Waals surface area contributed by atoms with Crippen LogP contribution in [-0.2, 0) is 0 Å². The Labute approximate surface area is 104 Å². The highest BCUT2D eigenvalue weighted by Crippen LogP contribution is 2.25. The Hall–Kier alpha value is -2.49. The highest BCUT2D eigenvalue weighted by atomic mass is 16.3. The number of fused-ring (bicyclic) bond motifs is 1. The molecule has 0 bridgehead atoms. The number of phenols is 1. The largest absolute Gasteiger partial charge is 0.508 e. The average molecular weight is 239 g/mol. The van der Waals surface area contributed by atoms with E-state index in [9.17, 15) is 5.11 Å². The second kappa shape index (κ2) is 3.77. The lowest BCUT2D eigenvalue weighted by Crippen LogP contribution is -1.96. The highest BCUT2D eigenvalue weighted by molar-refractivity contribution is 5.84. The number of nitrogens with zero attached hydrogens (tertiary/aromatic N) is 2. The summed E-state index contributed by atoms with van der Waals surface area (Å²) in [7, 11) is 0. The maximum Gasteiger partial charge on any atom is 0.117 e. The predicted octanol–water partition coefficient (Wildman–Crippen LogP) is 2.62. The number of hydrogen-bond donors (Lipinski definition) is 2. The van der Waals surface area contributed by atoms with Gasteiger partial charge in [-0.1, -0.05) is 0 Å². The van der Waals surface area contributed by atoms with Gasteiger partial charge < -0.3 is 10.8 Å². The SMILES string of the molecule is Cc1nn(-c2ccc(N)cc2)c2cc(O)ccc12. The number of nitrogens with two attached hydrogens (primary N) is 1. The van der Waals surface area contributed by atoms with E-state index in [0.29, 0.717) is 0 Å². The van der Waals surface area contributed by atoms with Crippen LogP contribution in [-0.4, -0.2) is 14.9 Å². The smallest absolute Gasteiger partial charge is 0.117 e. The zero-order valence-corrected chi connectivity index (χ0v) is 9.96. The topological polar surface area (TPSA) is 64.1 Å². The molecule has 3 rings (SSSR count). The van der Waals surface area contributed by atoms with Gasteiger partial charge in [0.15, 0.2) is 0 Å². The molecule has 0 saturated carbocycles. The third-order valence-corrected chi connectivity index (χ3v) is 2.99. The molecule has 0 unspecified atom stereocenters. The van der Waals surface area contributed by atoms with E-state index in [0.717, 1.165) is 28.0 Å². The van der Waals surface area contributed by atoms with Crippen LogP contribution in [0.2, 0.25) is 0 Å². The molecule has 0 spiro atoms. The van der Waals surface area contributed by atoms with E-state index in [1.807, 2.05) is 41.9 Å². The highest BCUT2D eigenvalue weighted by Gasteiger charge is 2.09. The summed E-state index contributed by atoms with van der Waals surface area (Å²) in [4.78, 5) is 0. The van der Waals surface area contributed by atoms with Gasteiger partial charge in [0, 0.05) is 17.1 Å². The van der Waals surface area contributed by atoms with Gasteiger partial charge in [-0.3, -0.25) is 0 Å². The van der Waals surface area contributed by atoms with Crippen molar-refractivity contribution in [2.75, 3.05) is 5.73 Å². The fraction of sp³-hybridized carbons (Fsp3) is 0.0714. The minimum atomic E-state index is 0.235. The summed E-state index contributed by atoms with van der Waals surface area (Å²) in [6.07, 6.45) is 0. The van der Waals surface area contributed by atoms with Gasteiger partial charge in [0.25, 0.3) is 0 Å². The minimum absolute atomic E-state index is 0.235. The lowest BCUT2D eigenvalue weighted by Gasteiger charge is -2.04. The molecule has 1 heterocycles. The van der Waals surface area contributed by atoms with Gasteiger partial charge in [-0.2, -0.15) is 5.10 Å². The second-order valence-corrected chi connectivity index (χ2v) is 4.29. The summed E-state index contributed by atoms with van der Waals surface area (Å²) < 4.78 is 1.81. The molecular weight excluding hydrogens is 226 g/mol. The molecule has 0 radical (unpaired) electrons. The lowest BCUT2D eigenvalue weighted by atomic mass is 10.2. The number of aromatic nitrogens is 2. The molecule has 0 amide bonds. The lowest BCUT2D eigenvalue weighted by molar-refractivity contribution is 0.476. The summed E-state index contributed by atoms with van der Waals surface area (Å²) in [6, 6.07) is 12.7. The number of hydrogen-bond acceptors (Lipinski definition) is 3. The van der Waals surface area contributed by atoms with Crippen LogP contribution in [0.25, 0.3) is 16.6 Å². The molecule has 0 aliphatic carbocycles. The van der Waals surface area contributed by atoms with Gasteiger partial charge in [0.05, 0.1) is 16.9 Å². The van der Waals surface area contributed by atoms with Gasteiger partial charge in [0.2, 0.25) is 0 Å². The summed E-state index contributed by atoms with van der Waals surface area (Å²) in [5.41, 5.74) is 9.14. The molecule has 0 aliphatic heterocycles. The first kappa shape index (κ1) is 10.7. The van der Waals surface area contributed by atoms with Crippen LogP contribution in [0.3, 0.4) is 0 Å². The monoisotopic (exact) mass is 239 g/mol. The van der Waals surface area contributed by atoms with Crippen molar-refractivity contribution in [2.24, 2.45) is 0 Å². The molecule has 90 valence electrons. The molecule has 0 aliphatic rings. The Balaban J connectivity index is 2.28. The van der Waals surface area contributed by atoms with Gasteiger partial charge in [-0.25, -0.2) is 4.68 Å². The summed E-state index contributed by atoms with van der Waals surface area (Å²) in [5.74, 6) is 0.235. The molecule has 1 aromatic heterocycles. The number of aryl methyl sites for hydroxylation is 1. The molecule has 0 saturated heterocycles. The van der Waals surface area contributed by atoms with Gasteiger partial charge in [0.1, 0.15) is 5.75 Å². The van der Waals surface area contributed by atoms with Crippen LogP contribution >= 0.6 is 0 Å². The van der Waals surface area contributed by atoms with Gasteiger partial charge in [-0.05, 0) is 43.3 Å². The number of rotatable bonds is 1. The maximum absolute atomic E-state index is 9.59. The quantitative estimate of drug-likeness (QED) is 0.641. The molecule has 2 aromatic carbocycles. The van der Waals surface area contributed by atoms with E-state index < -0.39 is 0 Å². The average Bonchev–Trinajstić information content (AvgIpc) is 2.67. The Morgan fingerprint density at radius 1 is 1.11 bits per heavy atom. The van der Waals surface area contributed by atoms with Crippen LogP contribution in [0.4, 0.5) is 5.69 Å². The van der Waals surface area contributed by atoms with E-state index in [-0.39, 0.29) is 5.75 Å². The van der Waals surface area contributed by atoms with Crippen molar-refractivity contribution in [1.82, 2.24) is 9.78 Å². The summed E-state index contributed by atoms with van der Waals surface area (Å²) in [5, 5.41) is 15.1. The van der Waals surface area contributed by atoms with Crippen molar-refractivity contribution in [3.63, 3.8) is 0 Å². The standard InChI is InChI=1S/C14H13N3O/c1-9-13-7-6-12(18)8-14(13)17(16-9)11-4-2-10(15)3-5-11/h2-8,18H,15H2,1H3. The molecular formula is C14H13N3O. The molecule has 4 heteroatoms. The first-order valence-corrected chi connectivity index (χ1v) is 5.69. The third-order valence-electron chi connectivity index (χ3n) is 2.99. The normalized spacial score (nSPS) is 10.9. The van der Waals surface area contributed by atoms with Crippen molar-refractivity contribution in [2.45, 2.75) is 6.92 Å². The fourth-order valence-electron chi connectivity index (χ4n) is 2.07. The van der Waals surface area contributed by atoms with E-state index in [4.69, 9.17) is 5.73 Å². The second-order valence-electron chi connectivity index (χ2n) is 4.29. The van der Waals surface area contributed by atoms with Crippen molar-refractivity contribution >= 4 is 16.6 Å². The van der Waals surface area contributed by atoms with Crippen LogP contribution in [0, 0.1) is 6.92 Å². The Morgan fingerprint density at radius 2 is 1.83 bits per heavy atom. The Kier molecular flexibility index (Phi) is 2.23. The van der Waals surface area contributed by atoms with E-state index >= 15 is 0 Å². The van der Waals surface area contributed by atoms with Crippen molar-refractivity contribution in [3.05, 3.63) is 48.2 Å². The molecule has 18 heavy (non-hydrogen) atoms. The van der Waals surface area contributed by atoms with Crippen LogP contribution in [0.1, 0.15) is 5.69 Å². The number of benzene rings is 2. The third kappa shape index (κ3) is 1.59. The van der Waals surface area contributed by atoms with Gasteiger partial charge in [-0.15, -0.1) is 0 Å². The zero-order valence-electron chi connectivity index (χ0n) is 9.96. The minimum Gasteiger partial charge on any atom is -0.508 e. The van der Waals surface area contributed by atoms with Crippen LogP contribution < -0.4 is 5.73 Å². The van der Waals surface area contributed by atoms with Crippen LogP contribution in [0.5, 0.6) is 5.75 Å². The van der Waals surface area contributed by atoms with Crippen molar-refractivity contribution in [3.8, 4) is 11.4 Å². The zero-order chi connectivity index (χ0) is 12.7. The first-order valence-electron chi connectivity index (χ1n) is 5.69. The van der Waals surface area contributed by atoms with E-state index in [1.54, 1.807) is 12.1 Å². The summed E-state index contributed by atoms with van der Waals surface area (Å²) in [6.45, 7) is 1.95. The Morgan fingerprint density at radius 3 is 2.56 bits per heavy atom. The number of aromatic hydroxyl groups is 1. The van der Waals surface area contributed by atoms with Crippen molar-refractivity contribution in [1.29, 1.82) is 0 Å².